The molecule has 7 nitrogen and oxygen atoms in total. The number of hydrogen-bond acceptors (Lipinski definition) is 6. The second-order valence-corrected chi connectivity index (χ2v) is 8.75. The summed E-state index contributed by atoms with van der Waals surface area (Å²) in [4.78, 5) is 15.0. The molecule has 2 N–H and O–H groups in total. The van der Waals surface area contributed by atoms with Crippen LogP contribution >= 0.6 is 0 Å². The number of methoxy groups -OCH3 is 1. The number of rotatable bonds is 3. The predicted molar refractivity (Wildman–Crippen MR) is 113 cm³/mol. The largest absolute Gasteiger partial charge is 0.496 e. The Kier molecular flexibility index (Phi) is 5.17. The molecule has 0 bridgehead atoms. The molecule has 7 heteroatoms. The van der Waals surface area contributed by atoms with Gasteiger partial charge in [-0.3, -0.25) is 4.79 Å². The van der Waals surface area contributed by atoms with Gasteiger partial charge in [0.15, 0.2) is 5.82 Å². The molecule has 1 aromatic carbocycles. The lowest BCUT2D eigenvalue weighted by Crippen LogP contribution is -2.60. The molecule has 1 aromatic heterocycles. The summed E-state index contributed by atoms with van der Waals surface area (Å²) >= 11 is 0. The van der Waals surface area contributed by atoms with Crippen molar-refractivity contribution in [1.82, 2.24) is 20.8 Å². The van der Waals surface area contributed by atoms with E-state index in [-0.39, 0.29) is 11.3 Å². The molecular formula is C22H29N5O2. The van der Waals surface area contributed by atoms with E-state index in [0.717, 1.165) is 55.3 Å². The number of carbonyl (C=O) groups excluding carboxylic acids is 1. The van der Waals surface area contributed by atoms with Crippen molar-refractivity contribution in [3.63, 3.8) is 0 Å². The molecule has 1 amide bonds. The highest BCUT2D eigenvalue weighted by atomic mass is 16.5. The molecule has 0 unspecified atom stereocenters. The van der Waals surface area contributed by atoms with Crippen LogP contribution in [0.4, 0.5) is 5.82 Å². The van der Waals surface area contributed by atoms with Crippen LogP contribution in [0, 0.1) is 5.41 Å². The first kappa shape index (κ1) is 19.6. The van der Waals surface area contributed by atoms with E-state index >= 15 is 0 Å². The van der Waals surface area contributed by atoms with Crippen LogP contribution in [0.2, 0.25) is 0 Å². The number of aromatic nitrogens is 2. The summed E-state index contributed by atoms with van der Waals surface area (Å²) in [6.07, 6.45) is 1.51. The Morgan fingerprint density at radius 2 is 1.79 bits per heavy atom. The van der Waals surface area contributed by atoms with Crippen molar-refractivity contribution in [3.05, 3.63) is 36.4 Å². The zero-order valence-corrected chi connectivity index (χ0v) is 17.4. The maximum Gasteiger partial charge on any atom is 0.240 e. The van der Waals surface area contributed by atoms with Gasteiger partial charge in [0.05, 0.1) is 12.8 Å². The van der Waals surface area contributed by atoms with E-state index in [1.165, 1.54) is 0 Å². The van der Waals surface area contributed by atoms with Crippen molar-refractivity contribution < 1.29 is 9.53 Å². The lowest BCUT2D eigenvalue weighted by Gasteiger charge is -2.41. The fraction of sp³-hybridized carbons (Fsp3) is 0.500. The maximum absolute atomic E-state index is 12.8. The highest BCUT2D eigenvalue weighted by molar-refractivity contribution is 5.87. The summed E-state index contributed by atoms with van der Waals surface area (Å²) in [5, 5.41) is 15.6. The van der Waals surface area contributed by atoms with Crippen LogP contribution < -0.4 is 20.3 Å². The van der Waals surface area contributed by atoms with Gasteiger partial charge in [0.25, 0.3) is 0 Å². The van der Waals surface area contributed by atoms with E-state index in [0.29, 0.717) is 6.54 Å². The normalized spacial score (nSPS) is 20.8. The summed E-state index contributed by atoms with van der Waals surface area (Å²) in [7, 11) is 1.66. The van der Waals surface area contributed by atoms with E-state index in [1.807, 2.05) is 36.4 Å². The van der Waals surface area contributed by atoms with Crippen molar-refractivity contribution in [2.45, 2.75) is 32.2 Å². The minimum atomic E-state index is -0.477. The highest BCUT2D eigenvalue weighted by Gasteiger charge is 2.44. The third-order valence-corrected chi connectivity index (χ3v) is 6.04. The van der Waals surface area contributed by atoms with Crippen molar-refractivity contribution in [2.75, 3.05) is 38.2 Å². The van der Waals surface area contributed by atoms with E-state index < -0.39 is 5.54 Å². The molecule has 2 aliphatic heterocycles. The van der Waals surface area contributed by atoms with Crippen molar-refractivity contribution in [2.24, 2.45) is 5.41 Å². The van der Waals surface area contributed by atoms with Gasteiger partial charge in [0.1, 0.15) is 11.3 Å². The maximum atomic E-state index is 12.8. The number of anilines is 1. The van der Waals surface area contributed by atoms with Gasteiger partial charge >= 0.3 is 0 Å². The van der Waals surface area contributed by atoms with E-state index in [4.69, 9.17) is 4.74 Å². The molecule has 0 atom stereocenters. The topological polar surface area (TPSA) is 79.4 Å². The number of ether oxygens (including phenoxy) is 1. The van der Waals surface area contributed by atoms with E-state index in [1.54, 1.807) is 7.11 Å². The van der Waals surface area contributed by atoms with Crippen LogP contribution in [0.3, 0.4) is 0 Å². The number of para-hydroxylation sites is 1. The van der Waals surface area contributed by atoms with Crippen LogP contribution in [0.25, 0.3) is 11.3 Å². The molecule has 2 fully saturated rings. The smallest absolute Gasteiger partial charge is 0.240 e. The number of benzene rings is 1. The number of nitrogens with one attached hydrogen (secondary N) is 2. The fourth-order valence-corrected chi connectivity index (χ4v) is 4.06. The molecule has 0 saturated carbocycles. The Morgan fingerprint density at radius 3 is 2.48 bits per heavy atom. The first-order chi connectivity index (χ1) is 13.9. The summed E-state index contributed by atoms with van der Waals surface area (Å²) in [6, 6.07) is 11.8. The van der Waals surface area contributed by atoms with Gasteiger partial charge in [0, 0.05) is 31.7 Å². The Morgan fingerprint density at radius 1 is 1.03 bits per heavy atom. The molecule has 2 aliphatic rings. The molecule has 3 heterocycles. The van der Waals surface area contributed by atoms with Crippen molar-refractivity contribution >= 4 is 11.7 Å². The van der Waals surface area contributed by atoms with Gasteiger partial charge in [-0.15, -0.1) is 10.2 Å². The Hall–Kier alpha value is -2.67. The molecule has 2 aromatic rings. The van der Waals surface area contributed by atoms with Crippen molar-refractivity contribution in [3.8, 4) is 17.0 Å². The van der Waals surface area contributed by atoms with Crippen LogP contribution in [0.5, 0.6) is 5.75 Å². The van der Waals surface area contributed by atoms with Crippen LogP contribution in [-0.2, 0) is 4.79 Å². The number of hydrogen-bond donors (Lipinski definition) is 2. The molecule has 154 valence electrons. The second-order valence-electron chi connectivity index (χ2n) is 8.75. The quantitative estimate of drug-likeness (QED) is 0.830. The Bertz CT molecular complexity index is 873. The Balaban J connectivity index is 1.46. The molecular weight excluding hydrogens is 366 g/mol. The highest BCUT2D eigenvalue weighted by Crippen LogP contribution is 2.31. The Labute approximate surface area is 171 Å². The summed E-state index contributed by atoms with van der Waals surface area (Å²) in [5.41, 5.74) is 1.30. The second kappa shape index (κ2) is 7.63. The summed E-state index contributed by atoms with van der Waals surface area (Å²) in [6.45, 7) is 7.42. The monoisotopic (exact) mass is 395 g/mol. The molecule has 4 rings (SSSR count). The van der Waals surface area contributed by atoms with Crippen LogP contribution in [-0.4, -0.2) is 54.9 Å². The van der Waals surface area contributed by atoms with Gasteiger partial charge in [-0.25, -0.2) is 0 Å². The summed E-state index contributed by atoms with van der Waals surface area (Å²) in [5.74, 6) is 1.75. The first-order valence-corrected chi connectivity index (χ1v) is 10.2. The van der Waals surface area contributed by atoms with Gasteiger partial charge in [0.2, 0.25) is 5.91 Å². The van der Waals surface area contributed by atoms with Crippen molar-refractivity contribution in [1.29, 1.82) is 0 Å². The minimum absolute atomic E-state index is 0.0656. The van der Waals surface area contributed by atoms with Gasteiger partial charge in [-0.1, -0.05) is 26.0 Å². The number of carbonyl (C=O) groups is 1. The number of amides is 1. The average molecular weight is 396 g/mol. The standard InChI is InChI=1S/C22H29N5O2/c1-21(2)14-23-20(28)22(24-15-21)10-12-27(13-11-22)19-9-8-17(25-26-19)16-6-4-5-7-18(16)29-3/h4-9,24H,10-15H2,1-3H3,(H,23,28). The zero-order valence-electron chi connectivity index (χ0n) is 17.4. The van der Waals surface area contributed by atoms with Gasteiger partial charge < -0.3 is 20.3 Å². The average Bonchev–Trinajstić information content (AvgIpc) is 2.86. The zero-order chi connectivity index (χ0) is 20.5. The lowest BCUT2D eigenvalue weighted by molar-refractivity contribution is -0.127. The minimum Gasteiger partial charge on any atom is -0.496 e. The first-order valence-electron chi connectivity index (χ1n) is 10.2. The summed E-state index contributed by atoms with van der Waals surface area (Å²) < 4.78 is 5.42. The van der Waals surface area contributed by atoms with Crippen LogP contribution in [0.15, 0.2) is 36.4 Å². The molecule has 1 spiro atoms. The molecule has 29 heavy (non-hydrogen) atoms. The number of piperidine rings is 1. The predicted octanol–water partition coefficient (Wildman–Crippen LogP) is 2.24. The third-order valence-electron chi connectivity index (χ3n) is 6.04. The number of nitrogens with zero attached hydrogens (tertiary/aromatic N) is 3. The lowest BCUT2D eigenvalue weighted by atomic mass is 9.86. The molecule has 0 aliphatic carbocycles. The molecule has 0 radical (unpaired) electrons. The van der Waals surface area contributed by atoms with Gasteiger partial charge in [-0.05, 0) is 42.5 Å². The van der Waals surface area contributed by atoms with E-state index in [9.17, 15) is 4.79 Å². The molecule has 2 saturated heterocycles. The van der Waals surface area contributed by atoms with Crippen LogP contribution in [0.1, 0.15) is 26.7 Å². The third kappa shape index (κ3) is 3.92. The SMILES string of the molecule is COc1ccccc1-c1ccc(N2CCC3(CC2)NCC(C)(C)CNC3=O)nn1. The fourth-order valence-electron chi connectivity index (χ4n) is 4.06. The van der Waals surface area contributed by atoms with Gasteiger partial charge in [-0.2, -0.15) is 0 Å². The van der Waals surface area contributed by atoms with E-state index in [2.05, 4.69) is 39.6 Å².